The van der Waals surface area contributed by atoms with Gasteiger partial charge in [0.25, 0.3) is 0 Å². The van der Waals surface area contributed by atoms with Gasteiger partial charge in [0.15, 0.2) is 5.82 Å². The molecule has 0 unspecified atom stereocenters. The number of carbonyl (C=O) groups excluding carboxylic acids is 2. The number of fused-ring (bicyclic) bond motifs is 4. The van der Waals surface area contributed by atoms with Crippen molar-refractivity contribution in [3.63, 3.8) is 0 Å². The predicted molar refractivity (Wildman–Crippen MR) is 214 cm³/mol. The lowest BCUT2D eigenvalue weighted by molar-refractivity contribution is -0.121. The molecule has 1 atom stereocenters. The van der Waals surface area contributed by atoms with E-state index < -0.39 is 6.04 Å². The van der Waals surface area contributed by atoms with E-state index in [0.717, 1.165) is 61.4 Å². The predicted octanol–water partition coefficient (Wildman–Crippen LogP) is 6.02. The molecular formula is C40H43ClN8O5S. The van der Waals surface area contributed by atoms with Crippen LogP contribution in [0, 0.1) is 20.8 Å². The lowest BCUT2D eigenvalue weighted by atomic mass is 9.99. The largest absolute Gasteiger partial charge is 0.377 e. The normalized spacial score (nSPS) is 14.4. The second kappa shape index (κ2) is 17.6. The second-order valence-corrected chi connectivity index (χ2v) is 14.9. The average molecular weight is 783 g/mol. The van der Waals surface area contributed by atoms with Gasteiger partial charge in [-0.05, 0) is 67.8 Å². The second-order valence-electron chi connectivity index (χ2n) is 13.3. The number of aromatic nitrogens is 4. The molecule has 2 aromatic carbocycles. The summed E-state index contributed by atoms with van der Waals surface area (Å²) < 4.78 is 19.0. The van der Waals surface area contributed by atoms with Gasteiger partial charge in [-0.15, -0.1) is 21.5 Å². The molecular weight excluding hydrogens is 740 g/mol. The quantitative estimate of drug-likeness (QED) is 0.0961. The molecule has 5 heterocycles. The molecule has 55 heavy (non-hydrogen) atoms. The topological polar surface area (TPSA) is 154 Å². The molecule has 7 rings (SSSR count). The molecule has 2 aliphatic heterocycles. The number of aryl methyl sites for hydroxylation is 2. The van der Waals surface area contributed by atoms with E-state index in [4.69, 9.17) is 30.8 Å². The highest BCUT2D eigenvalue weighted by molar-refractivity contribution is 7.15. The summed E-state index contributed by atoms with van der Waals surface area (Å²) in [6.45, 7) is 9.68. The minimum Gasteiger partial charge on any atom is -0.377 e. The highest BCUT2D eigenvalue weighted by Crippen LogP contribution is 2.39. The first kappa shape index (κ1) is 38.3. The fraction of sp³-hybridized carbons (Fsp3) is 0.350. The van der Waals surface area contributed by atoms with Crippen LogP contribution in [0.4, 0.5) is 11.5 Å². The molecule has 0 spiro atoms. The zero-order valence-electron chi connectivity index (χ0n) is 31.0. The van der Waals surface area contributed by atoms with Crippen LogP contribution >= 0.6 is 22.9 Å². The van der Waals surface area contributed by atoms with Crippen LogP contribution in [0.3, 0.4) is 0 Å². The van der Waals surface area contributed by atoms with Gasteiger partial charge < -0.3 is 30.2 Å². The highest BCUT2D eigenvalue weighted by Gasteiger charge is 2.32. The lowest BCUT2D eigenvalue weighted by Gasteiger charge is -2.13. The number of nitrogens with zero attached hydrogens (tertiary/aromatic N) is 5. The molecule has 3 N–H and O–H groups in total. The molecule has 15 heteroatoms. The lowest BCUT2D eigenvalue weighted by Crippen LogP contribution is -2.29. The Labute approximate surface area is 328 Å². The maximum absolute atomic E-state index is 13.2. The van der Waals surface area contributed by atoms with E-state index >= 15 is 0 Å². The first-order valence-corrected chi connectivity index (χ1v) is 19.4. The number of amides is 2. The van der Waals surface area contributed by atoms with E-state index in [1.807, 2.05) is 72.3 Å². The molecule has 2 amide bonds. The molecule has 13 nitrogen and oxygen atoms in total. The van der Waals surface area contributed by atoms with Gasteiger partial charge >= 0.3 is 0 Å². The van der Waals surface area contributed by atoms with Gasteiger partial charge in [-0.1, -0.05) is 35.9 Å². The summed E-state index contributed by atoms with van der Waals surface area (Å²) >= 11 is 7.89. The number of benzene rings is 2. The van der Waals surface area contributed by atoms with E-state index in [-0.39, 0.29) is 18.2 Å². The third-order valence-corrected chi connectivity index (χ3v) is 10.9. The number of nitrogens with one attached hydrogen (secondary N) is 3. The average Bonchev–Trinajstić information content (AvgIpc) is 3.82. The van der Waals surface area contributed by atoms with Crippen LogP contribution in [-0.4, -0.2) is 90.0 Å². The van der Waals surface area contributed by atoms with Crippen LogP contribution in [0.1, 0.15) is 51.2 Å². The van der Waals surface area contributed by atoms with Gasteiger partial charge in [0.05, 0.1) is 58.2 Å². The number of ether oxygens (including phenoxy) is 3. The summed E-state index contributed by atoms with van der Waals surface area (Å²) in [5.41, 5.74) is 7.78. The number of thiophene rings is 1. The molecule has 0 saturated heterocycles. The van der Waals surface area contributed by atoms with Gasteiger partial charge in [-0.25, -0.2) is 4.98 Å². The Kier molecular flexibility index (Phi) is 12.3. The standard InChI is InChI=1S/C40H43ClN8O5S/c1-24-25(2)55-40-37(24)38(27-6-9-31(41)10-7-27)46-33(39-48-47-26(3)49(39)40)22-35(50)43-13-15-53-17-19-54-18-16-52-14-12-42-34-11-8-30(23-44-34)28-4-5-29-21-36(51)45-32(29)20-28/h4-11,20,23,33H,12-19,21-22H2,1-3H3,(H,42,44)(H,43,50)(H,45,51)/t33-/m0/s1. The van der Waals surface area contributed by atoms with Crippen LogP contribution < -0.4 is 16.0 Å². The van der Waals surface area contributed by atoms with Crippen LogP contribution in [0.5, 0.6) is 0 Å². The van der Waals surface area contributed by atoms with Gasteiger partial charge in [-0.3, -0.25) is 19.1 Å². The van der Waals surface area contributed by atoms with Crippen molar-refractivity contribution in [3.05, 3.63) is 105 Å². The van der Waals surface area contributed by atoms with E-state index in [0.29, 0.717) is 70.0 Å². The Balaban J connectivity index is 0.779. The van der Waals surface area contributed by atoms with Crippen molar-refractivity contribution in [3.8, 4) is 16.1 Å². The molecule has 0 bridgehead atoms. The maximum Gasteiger partial charge on any atom is 0.228 e. The first-order chi connectivity index (χ1) is 26.7. The van der Waals surface area contributed by atoms with E-state index in [9.17, 15) is 9.59 Å². The van der Waals surface area contributed by atoms with Crippen molar-refractivity contribution >= 4 is 52.0 Å². The van der Waals surface area contributed by atoms with Crippen LogP contribution in [0.25, 0.3) is 16.1 Å². The molecule has 0 aliphatic carbocycles. The monoisotopic (exact) mass is 782 g/mol. The Morgan fingerprint density at radius 3 is 2.36 bits per heavy atom. The van der Waals surface area contributed by atoms with Crippen LogP contribution in [0.2, 0.25) is 5.02 Å². The molecule has 286 valence electrons. The Bertz CT molecular complexity index is 2180. The van der Waals surface area contributed by atoms with E-state index in [2.05, 4.69) is 45.0 Å². The van der Waals surface area contributed by atoms with Gasteiger partial charge in [0.1, 0.15) is 22.7 Å². The number of rotatable bonds is 17. The number of hydrogen-bond acceptors (Lipinski definition) is 11. The van der Waals surface area contributed by atoms with Crippen molar-refractivity contribution in [2.45, 2.75) is 39.7 Å². The SMILES string of the molecule is Cc1sc2c(c1C)C(c1ccc(Cl)cc1)=N[C@@H](CC(=O)NCCOCCOCCOCCNc1ccc(-c3ccc4c(c3)NC(=O)C4)cn1)c1nnc(C)n1-2. The first-order valence-electron chi connectivity index (χ1n) is 18.2. The summed E-state index contributed by atoms with van der Waals surface area (Å²) in [5, 5.41) is 19.6. The number of pyridine rings is 1. The third-order valence-electron chi connectivity index (χ3n) is 9.43. The van der Waals surface area contributed by atoms with Gasteiger partial charge in [-0.2, -0.15) is 0 Å². The molecule has 3 aromatic heterocycles. The van der Waals surface area contributed by atoms with E-state index in [1.54, 1.807) is 11.3 Å². The Hall–Kier alpha value is -4.99. The molecule has 5 aromatic rings. The Morgan fingerprint density at radius 2 is 1.62 bits per heavy atom. The number of halogens is 1. The molecule has 2 aliphatic rings. The highest BCUT2D eigenvalue weighted by atomic mass is 35.5. The molecule has 0 radical (unpaired) electrons. The number of carbonyl (C=O) groups is 2. The summed E-state index contributed by atoms with van der Waals surface area (Å²) in [6, 6.07) is 17.0. The third kappa shape index (κ3) is 9.11. The van der Waals surface area contributed by atoms with Crippen molar-refractivity contribution in [2.24, 2.45) is 4.99 Å². The smallest absolute Gasteiger partial charge is 0.228 e. The number of hydrogen-bond donors (Lipinski definition) is 3. The van der Waals surface area contributed by atoms with Crippen molar-refractivity contribution in [1.29, 1.82) is 0 Å². The van der Waals surface area contributed by atoms with Crippen molar-refractivity contribution in [2.75, 3.05) is 63.4 Å². The maximum atomic E-state index is 13.2. The van der Waals surface area contributed by atoms with Crippen LogP contribution in [-0.2, 0) is 30.2 Å². The van der Waals surface area contributed by atoms with E-state index in [1.165, 1.54) is 4.88 Å². The fourth-order valence-corrected chi connectivity index (χ4v) is 7.84. The molecule has 0 fully saturated rings. The summed E-state index contributed by atoms with van der Waals surface area (Å²) in [5.74, 6) is 2.02. The van der Waals surface area contributed by atoms with Crippen molar-refractivity contribution < 1.29 is 23.8 Å². The summed E-state index contributed by atoms with van der Waals surface area (Å²) in [7, 11) is 0. The minimum atomic E-state index is -0.532. The van der Waals surface area contributed by atoms with Gasteiger partial charge in [0.2, 0.25) is 11.8 Å². The minimum absolute atomic E-state index is 0.0253. The fourth-order valence-electron chi connectivity index (χ4n) is 6.50. The van der Waals surface area contributed by atoms with Gasteiger partial charge in [0, 0.05) is 51.6 Å². The summed E-state index contributed by atoms with van der Waals surface area (Å²) in [4.78, 5) is 35.6. The van der Waals surface area contributed by atoms with Crippen LogP contribution in [0.15, 0.2) is 65.8 Å². The number of aliphatic imine (C=N–C) groups is 1. The summed E-state index contributed by atoms with van der Waals surface area (Å²) in [6.07, 6.45) is 2.36. The molecule has 0 saturated carbocycles. The number of anilines is 2. The Morgan fingerprint density at radius 1 is 0.909 bits per heavy atom. The van der Waals surface area contributed by atoms with Crippen molar-refractivity contribution in [1.82, 2.24) is 25.1 Å². The zero-order valence-corrected chi connectivity index (χ0v) is 32.6. The zero-order chi connectivity index (χ0) is 38.3.